The number of methoxy groups -OCH3 is 2. The second-order valence-corrected chi connectivity index (χ2v) is 8.69. The van der Waals surface area contributed by atoms with Gasteiger partial charge in [0.15, 0.2) is 12.6 Å². The quantitative estimate of drug-likeness (QED) is 0.592. The smallest absolute Gasteiger partial charge is 0.186 e. The maximum Gasteiger partial charge on any atom is 0.186 e. The number of hydrogen-bond acceptors (Lipinski definition) is 10. The summed E-state index contributed by atoms with van der Waals surface area (Å²) in [5.74, 6) is 0. The minimum Gasteiger partial charge on any atom is -0.383 e. The molecular weight excluding hydrogens is 458 g/mol. The number of rotatable bonds is 5. The average Bonchev–Trinajstić information content (AvgIpc) is 2.91. The zero-order chi connectivity index (χ0) is 24.3. The van der Waals surface area contributed by atoms with Gasteiger partial charge in [-0.1, -0.05) is 30.3 Å². The van der Waals surface area contributed by atoms with Crippen LogP contribution in [0, 0.1) is 0 Å². The Hall–Kier alpha value is -1.18. The Labute approximate surface area is 207 Å². The lowest BCUT2D eigenvalue weighted by atomic mass is 9.97. The van der Waals surface area contributed by atoms with Gasteiger partial charge in [0.2, 0.25) is 0 Å². The molecule has 0 amide bonds. The molecule has 0 N–H and O–H groups in total. The fourth-order valence-corrected chi connectivity index (χ4v) is 4.52. The minimum atomic E-state index is -0.608. The van der Waals surface area contributed by atoms with E-state index in [1.807, 2.05) is 30.3 Å². The van der Waals surface area contributed by atoms with Gasteiger partial charge in [-0.2, -0.15) is 0 Å². The molecule has 10 heteroatoms. The summed E-state index contributed by atoms with van der Waals surface area (Å²) >= 11 is 0. The molecule has 198 valence electrons. The van der Waals surface area contributed by atoms with E-state index in [9.17, 15) is 0 Å². The van der Waals surface area contributed by atoms with Crippen molar-refractivity contribution in [2.24, 2.45) is 0 Å². The molecule has 0 radical (unpaired) electrons. The molecule has 3 aliphatic heterocycles. The van der Waals surface area contributed by atoms with E-state index in [2.05, 4.69) is 4.90 Å². The van der Waals surface area contributed by atoms with Crippen molar-refractivity contribution >= 4 is 0 Å². The highest BCUT2D eigenvalue weighted by molar-refractivity contribution is 5.16. The first-order valence-corrected chi connectivity index (χ1v) is 12.4. The Morgan fingerprint density at radius 1 is 0.800 bits per heavy atom. The fraction of sp³-hybridized carbons (Fsp3) is 0.760. The highest BCUT2D eigenvalue weighted by Gasteiger charge is 2.51. The van der Waals surface area contributed by atoms with Gasteiger partial charge in [0, 0.05) is 39.4 Å². The number of fused-ring (bicyclic) bond motifs is 3. The van der Waals surface area contributed by atoms with E-state index in [0.29, 0.717) is 52.9 Å². The van der Waals surface area contributed by atoms with Crippen LogP contribution in [0.1, 0.15) is 11.9 Å². The van der Waals surface area contributed by atoms with E-state index in [0.717, 1.165) is 25.2 Å². The third-order valence-electron chi connectivity index (χ3n) is 6.38. The van der Waals surface area contributed by atoms with Crippen LogP contribution in [0.5, 0.6) is 0 Å². The Kier molecular flexibility index (Phi) is 11.2. The SMILES string of the molecule is COCCN1CCOCCO[C@@H]2[C@@H](OCCOCC1)[C@@H](OC)O[C@@H]1CO[C@@H](c3ccccc3)O[C@@H]21. The van der Waals surface area contributed by atoms with Crippen LogP contribution >= 0.6 is 0 Å². The Balaban J connectivity index is 1.42. The van der Waals surface area contributed by atoms with Gasteiger partial charge >= 0.3 is 0 Å². The van der Waals surface area contributed by atoms with Crippen LogP contribution in [0.2, 0.25) is 0 Å². The van der Waals surface area contributed by atoms with Crippen LogP contribution in [-0.2, 0) is 42.6 Å². The Morgan fingerprint density at radius 3 is 2.20 bits per heavy atom. The van der Waals surface area contributed by atoms with Gasteiger partial charge in [-0.3, -0.25) is 4.90 Å². The van der Waals surface area contributed by atoms with Gasteiger partial charge in [-0.15, -0.1) is 0 Å². The zero-order valence-corrected chi connectivity index (χ0v) is 20.8. The van der Waals surface area contributed by atoms with Gasteiger partial charge in [0.05, 0.1) is 52.9 Å². The van der Waals surface area contributed by atoms with Crippen molar-refractivity contribution in [3.63, 3.8) is 0 Å². The molecule has 0 aliphatic carbocycles. The fourth-order valence-electron chi connectivity index (χ4n) is 4.52. The van der Waals surface area contributed by atoms with Crippen LogP contribution in [0.15, 0.2) is 30.3 Å². The molecule has 0 spiro atoms. The highest BCUT2D eigenvalue weighted by Crippen LogP contribution is 2.36. The van der Waals surface area contributed by atoms with Gasteiger partial charge in [0.1, 0.15) is 24.4 Å². The molecule has 3 aliphatic rings. The Bertz CT molecular complexity index is 711. The van der Waals surface area contributed by atoms with Crippen LogP contribution in [0.25, 0.3) is 0 Å². The Morgan fingerprint density at radius 2 is 1.51 bits per heavy atom. The van der Waals surface area contributed by atoms with Gasteiger partial charge in [-0.25, -0.2) is 0 Å². The maximum atomic E-state index is 6.38. The topological polar surface area (TPSA) is 86.3 Å². The molecule has 0 saturated carbocycles. The van der Waals surface area contributed by atoms with E-state index in [1.165, 1.54) is 0 Å². The van der Waals surface area contributed by atoms with E-state index in [4.69, 9.17) is 42.6 Å². The third kappa shape index (κ3) is 7.65. The molecule has 0 unspecified atom stereocenters. The van der Waals surface area contributed by atoms with Crippen molar-refractivity contribution in [3.8, 4) is 0 Å². The first-order valence-electron chi connectivity index (χ1n) is 12.4. The lowest BCUT2D eigenvalue weighted by molar-refractivity contribution is -0.368. The molecule has 4 rings (SSSR count). The number of nitrogens with zero attached hydrogens (tertiary/aromatic N) is 1. The largest absolute Gasteiger partial charge is 0.383 e. The standard InChI is InChI=1S/C25H39NO9/c1-27-11-8-26-9-12-29-14-16-31-22-21-20(18-33-24(35-21)19-6-4-3-5-7-19)34-25(28-2)23(22)32-17-15-30-13-10-26/h3-7,20-25H,8-18H2,1-2H3/t20-,21-,22+,23-,24-,25+/m1/s1. The van der Waals surface area contributed by atoms with Crippen LogP contribution in [0.4, 0.5) is 0 Å². The molecule has 3 fully saturated rings. The summed E-state index contributed by atoms with van der Waals surface area (Å²) in [6.07, 6.45) is -2.73. The summed E-state index contributed by atoms with van der Waals surface area (Å²) in [6.45, 7) is 6.40. The first-order chi connectivity index (χ1) is 17.3. The monoisotopic (exact) mass is 497 g/mol. The molecule has 1 aromatic rings. The zero-order valence-electron chi connectivity index (χ0n) is 20.8. The average molecular weight is 498 g/mol. The number of benzene rings is 1. The van der Waals surface area contributed by atoms with E-state index in [-0.39, 0.29) is 12.2 Å². The number of ether oxygens (including phenoxy) is 9. The van der Waals surface area contributed by atoms with E-state index in [1.54, 1.807) is 14.2 Å². The van der Waals surface area contributed by atoms with Crippen molar-refractivity contribution in [2.75, 3.05) is 86.7 Å². The maximum absolute atomic E-state index is 6.38. The molecule has 3 saturated heterocycles. The van der Waals surface area contributed by atoms with Crippen LogP contribution in [-0.4, -0.2) is 122 Å². The van der Waals surface area contributed by atoms with Gasteiger partial charge < -0.3 is 42.6 Å². The van der Waals surface area contributed by atoms with Crippen molar-refractivity contribution in [1.82, 2.24) is 4.90 Å². The van der Waals surface area contributed by atoms with Crippen molar-refractivity contribution in [3.05, 3.63) is 35.9 Å². The second kappa shape index (κ2) is 14.5. The summed E-state index contributed by atoms with van der Waals surface area (Å²) in [7, 11) is 3.31. The lowest BCUT2D eigenvalue weighted by Gasteiger charge is -2.48. The summed E-state index contributed by atoms with van der Waals surface area (Å²) in [5.41, 5.74) is 0.948. The predicted molar refractivity (Wildman–Crippen MR) is 125 cm³/mol. The summed E-state index contributed by atoms with van der Waals surface area (Å²) in [6, 6.07) is 9.87. The highest BCUT2D eigenvalue weighted by atomic mass is 16.8. The molecular formula is C25H39NO9. The molecule has 35 heavy (non-hydrogen) atoms. The summed E-state index contributed by atoms with van der Waals surface area (Å²) in [4.78, 5) is 2.27. The minimum absolute atomic E-state index is 0.335. The predicted octanol–water partition coefficient (Wildman–Crippen LogP) is 1.24. The molecule has 6 atom stereocenters. The summed E-state index contributed by atoms with van der Waals surface area (Å²) < 4.78 is 53.6. The molecule has 1 aromatic carbocycles. The van der Waals surface area contributed by atoms with Crippen molar-refractivity contribution in [2.45, 2.75) is 37.0 Å². The van der Waals surface area contributed by atoms with Crippen molar-refractivity contribution < 1.29 is 42.6 Å². The molecule has 10 nitrogen and oxygen atoms in total. The van der Waals surface area contributed by atoms with Crippen LogP contribution in [0.3, 0.4) is 0 Å². The van der Waals surface area contributed by atoms with Crippen molar-refractivity contribution in [1.29, 1.82) is 0 Å². The number of hydrogen-bond donors (Lipinski definition) is 0. The molecule has 0 bridgehead atoms. The van der Waals surface area contributed by atoms with Gasteiger partial charge in [-0.05, 0) is 0 Å². The second-order valence-electron chi connectivity index (χ2n) is 8.69. The molecule has 3 heterocycles. The van der Waals surface area contributed by atoms with E-state index >= 15 is 0 Å². The first kappa shape index (κ1) is 26.9. The molecule has 0 aromatic heterocycles. The van der Waals surface area contributed by atoms with Crippen LogP contribution < -0.4 is 0 Å². The summed E-state index contributed by atoms with van der Waals surface area (Å²) in [5, 5.41) is 0. The van der Waals surface area contributed by atoms with Gasteiger partial charge in [0.25, 0.3) is 0 Å². The third-order valence-corrected chi connectivity index (χ3v) is 6.38. The van der Waals surface area contributed by atoms with E-state index < -0.39 is 24.8 Å². The lowest BCUT2D eigenvalue weighted by Crippen LogP contribution is -2.63. The normalized spacial score (nSPS) is 34.2.